The van der Waals surface area contributed by atoms with Crippen LogP contribution in [0.5, 0.6) is 0 Å². The first-order valence-electron chi connectivity index (χ1n) is 10.2. The molecule has 0 fully saturated rings. The molecule has 0 saturated heterocycles. The summed E-state index contributed by atoms with van der Waals surface area (Å²) in [5, 5.41) is 0.479. The number of fused-ring (bicyclic) bond motifs is 2. The zero-order chi connectivity index (χ0) is 21.6. The van der Waals surface area contributed by atoms with E-state index in [4.69, 9.17) is 4.74 Å². The second-order valence-corrected chi connectivity index (χ2v) is 8.76. The Morgan fingerprint density at radius 2 is 2.03 bits per heavy atom. The molecule has 1 aliphatic rings. The highest BCUT2D eigenvalue weighted by molar-refractivity contribution is 7.20. The lowest BCUT2D eigenvalue weighted by molar-refractivity contribution is 0.0479. The molecule has 4 heterocycles. The first-order valence-corrected chi connectivity index (χ1v) is 11.0. The van der Waals surface area contributed by atoms with E-state index < -0.39 is 5.97 Å². The number of ketones is 1. The molecule has 0 N–H and O–H groups in total. The number of esters is 1. The Labute approximate surface area is 178 Å². The molecule has 1 aliphatic heterocycles. The molecule has 30 heavy (non-hydrogen) atoms. The molecule has 4 rings (SSSR count). The average molecular weight is 428 g/mol. The van der Waals surface area contributed by atoms with Crippen molar-refractivity contribution >= 4 is 33.3 Å². The van der Waals surface area contributed by atoms with Gasteiger partial charge in [-0.25, -0.2) is 9.78 Å². The predicted molar refractivity (Wildman–Crippen MR) is 116 cm³/mol. The van der Waals surface area contributed by atoms with E-state index in [1.54, 1.807) is 11.5 Å². The third-order valence-corrected chi connectivity index (χ3v) is 6.92. The maximum Gasteiger partial charge on any atom is 0.349 e. The highest BCUT2D eigenvalue weighted by Crippen LogP contribution is 2.29. The molecule has 0 bridgehead atoms. The number of Topliss-reactive ketones (excluding diaryl/α,β-unsaturated/α-hetero) is 1. The third-order valence-electron chi connectivity index (χ3n) is 5.75. The number of hydrogen-bond acceptors (Lipinski definition) is 6. The number of aromatic nitrogens is 3. The molecule has 0 spiro atoms. The zero-order valence-corrected chi connectivity index (χ0v) is 18.5. The van der Waals surface area contributed by atoms with Crippen LogP contribution in [0.25, 0.3) is 10.2 Å². The summed E-state index contributed by atoms with van der Waals surface area (Å²) in [6.45, 7) is 8.88. The third kappa shape index (κ3) is 3.29. The van der Waals surface area contributed by atoms with Crippen molar-refractivity contribution in [2.75, 3.05) is 6.61 Å². The molecule has 0 aliphatic carbocycles. The smallest absolute Gasteiger partial charge is 0.349 e. The van der Waals surface area contributed by atoms with Crippen molar-refractivity contribution in [3.63, 3.8) is 0 Å². The number of carbonyl (C=O) groups excluding carboxylic acids is 2. The molecule has 3 aromatic heterocycles. The van der Waals surface area contributed by atoms with Gasteiger partial charge in [-0.3, -0.25) is 14.2 Å². The molecule has 3 aromatic rings. The van der Waals surface area contributed by atoms with E-state index >= 15 is 0 Å². The van der Waals surface area contributed by atoms with Gasteiger partial charge in [0.05, 0.1) is 5.39 Å². The minimum absolute atomic E-state index is 0.0975. The van der Waals surface area contributed by atoms with Crippen molar-refractivity contribution in [1.82, 2.24) is 14.1 Å². The topological polar surface area (TPSA) is 83.2 Å². The second-order valence-electron chi connectivity index (χ2n) is 7.76. The van der Waals surface area contributed by atoms with E-state index in [0.29, 0.717) is 32.8 Å². The van der Waals surface area contributed by atoms with Gasteiger partial charge in [0, 0.05) is 36.5 Å². The highest BCUT2D eigenvalue weighted by atomic mass is 32.1. The molecule has 0 radical (unpaired) electrons. The van der Waals surface area contributed by atoms with E-state index in [9.17, 15) is 14.4 Å². The first-order chi connectivity index (χ1) is 14.3. The van der Waals surface area contributed by atoms with Crippen LogP contribution < -0.4 is 5.56 Å². The van der Waals surface area contributed by atoms with Gasteiger partial charge in [-0.1, -0.05) is 6.92 Å². The molecule has 0 aromatic carbocycles. The quantitative estimate of drug-likeness (QED) is 0.444. The Balaban J connectivity index is 1.55. The van der Waals surface area contributed by atoms with Gasteiger partial charge in [0.1, 0.15) is 15.5 Å². The van der Waals surface area contributed by atoms with Gasteiger partial charge in [-0.05, 0) is 45.2 Å². The van der Waals surface area contributed by atoms with Crippen LogP contribution in [-0.4, -0.2) is 32.5 Å². The van der Waals surface area contributed by atoms with Crippen molar-refractivity contribution in [1.29, 1.82) is 0 Å². The Morgan fingerprint density at radius 3 is 2.77 bits per heavy atom. The fraction of sp³-hybridized carbons (Fsp3) is 0.455. The van der Waals surface area contributed by atoms with Gasteiger partial charge in [0.2, 0.25) is 5.78 Å². The van der Waals surface area contributed by atoms with E-state index in [2.05, 4.69) is 16.5 Å². The van der Waals surface area contributed by atoms with Crippen LogP contribution in [0, 0.1) is 20.8 Å². The largest absolute Gasteiger partial charge is 0.453 e. The van der Waals surface area contributed by atoms with Crippen molar-refractivity contribution in [3.8, 4) is 0 Å². The lowest BCUT2D eigenvalue weighted by Crippen LogP contribution is -2.20. The normalized spacial score (nSPS) is 13.1. The first kappa shape index (κ1) is 20.5. The fourth-order valence-corrected chi connectivity index (χ4v) is 5.28. The van der Waals surface area contributed by atoms with Crippen LogP contribution in [0.2, 0.25) is 0 Å². The summed E-state index contributed by atoms with van der Waals surface area (Å²) in [6, 6.07) is 1.85. The molecule has 0 unspecified atom stereocenters. The summed E-state index contributed by atoms with van der Waals surface area (Å²) in [6.07, 6.45) is 2.66. The maximum atomic E-state index is 12.8. The Kier molecular flexibility index (Phi) is 5.36. The molecule has 7 nitrogen and oxygen atoms in total. The number of nitrogens with zero attached hydrogens (tertiary/aromatic N) is 3. The Hall–Kier alpha value is -2.74. The second kappa shape index (κ2) is 7.83. The molecular formula is C22H25N3O4S. The van der Waals surface area contributed by atoms with Crippen LogP contribution >= 0.6 is 11.3 Å². The van der Waals surface area contributed by atoms with E-state index in [0.717, 1.165) is 54.4 Å². The van der Waals surface area contributed by atoms with E-state index in [1.165, 1.54) is 0 Å². The standard InChI is InChI=1S/C22H25N3O4S/c1-5-8-24-12(2)10-15(14(24)4)16(26)11-29-22(28)19-13(3)18-20(30-19)23-17-7-6-9-25(17)21(18)27/h10H,5-9,11H2,1-4H3. The zero-order valence-electron chi connectivity index (χ0n) is 17.7. The van der Waals surface area contributed by atoms with Crippen molar-refractivity contribution in [2.45, 2.75) is 60.0 Å². The Bertz CT molecular complexity index is 1230. The van der Waals surface area contributed by atoms with Crippen LogP contribution in [0.1, 0.15) is 62.6 Å². The maximum absolute atomic E-state index is 12.8. The fourth-order valence-electron chi connectivity index (χ4n) is 4.20. The van der Waals surface area contributed by atoms with Crippen LogP contribution in [0.3, 0.4) is 0 Å². The van der Waals surface area contributed by atoms with Gasteiger partial charge < -0.3 is 9.30 Å². The van der Waals surface area contributed by atoms with Gasteiger partial charge in [0.25, 0.3) is 5.56 Å². The molecule has 8 heteroatoms. The van der Waals surface area contributed by atoms with Crippen LogP contribution in [0.4, 0.5) is 0 Å². The number of carbonyl (C=O) groups is 2. The average Bonchev–Trinajstić information content (AvgIpc) is 3.39. The number of hydrogen-bond donors (Lipinski definition) is 0. The lowest BCUT2D eigenvalue weighted by Gasteiger charge is -2.08. The highest BCUT2D eigenvalue weighted by Gasteiger charge is 2.25. The minimum Gasteiger partial charge on any atom is -0.453 e. The number of aryl methyl sites for hydroxylation is 3. The molecule has 0 saturated carbocycles. The summed E-state index contributed by atoms with van der Waals surface area (Å²) in [5.74, 6) is -0.0446. The van der Waals surface area contributed by atoms with Crippen LogP contribution in [-0.2, 0) is 24.2 Å². The molecule has 0 atom stereocenters. The lowest BCUT2D eigenvalue weighted by atomic mass is 10.1. The van der Waals surface area contributed by atoms with Gasteiger partial charge >= 0.3 is 5.97 Å². The minimum atomic E-state index is -0.587. The van der Waals surface area contributed by atoms with Gasteiger partial charge in [-0.15, -0.1) is 11.3 Å². The predicted octanol–water partition coefficient (Wildman–Crippen LogP) is 3.58. The molecular weight excluding hydrogens is 402 g/mol. The Morgan fingerprint density at radius 1 is 1.27 bits per heavy atom. The summed E-state index contributed by atoms with van der Waals surface area (Å²) in [5.41, 5.74) is 2.97. The number of thiophene rings is 1. The van der Waals surface area contributed by atoms with Gasteiger partial charge in [-0.2, -0.15) is 0 Å². The van der Waals surface area contributed by atoms with Crippen LogP contribution in [0.15, 0.2) is 10.9 Å². The summed E-state index contributed by atoms with van der Waals surface area (Å²) in [4.78, 5) is 43.6. The molecule has 0 amide bonds. The van der Waals surface area contributed by atoms with E-state index in [-0.39, 0.29) is 17.9 Å². The SMILES string of the molecule is CCCn1c(C)cc(C(=O)COC(=O)c2sc3nc4n(c(=O)c3c2C)CCC4)c1C. The molecule has 158 valence electrons. The van der Waals surface area contributed by atoms with Crippen molar-refractivity contribution in [2.24, 2.45) is 0 Å². The van der Waals surface area contributed by atoms with Crippen molar-refractivity contribution in [3.05, 3.63) is 49.6 Å². The monoisotopic (exact) mass is 427 g/mol. The number of rotatable bonds is 6. The van der Waals surface area contributed by atoms with Crippen molar-refractivity contribution < 1.29 is 14.3 Å². The van der Waals surface area contributed by atoms with Gasteiger partial charge in [0.15, 0.2) is 6.61 Å². The van der Waals surface area contributed by atoms with E-state index in [1.807, 2.05) is 19.9 Å². The number of ether oxygens (including phenoxy) is 1. The summed E-state index contributed by atoms with van der Waals surface area (Å²) < 4.78 is 9.12. The summed E-state index contributed by atoms with van der Waals surface area (Å²) in [7, 11) is 0. The summed E-state index contributed by atoms with van der Waals surface area (Å²) >= 11 is 1.16.